The van der Waals surface area contributed by atoms with Crippen LogP contribution in [-0.4, -0.2) is 45.2 Å². The molecule has 3 heterocycles. The first-order chi connectivity index (χ1) is 12.2. The van der Waals surface area contributed by atoms with Crippen LogP contribution >= 0.6 is 11.8 Å². The fourth-order valence-electron chi connectivity index (χ4n) is 3.45. The Hall–Kier alpha value is -2.06. The first kappa shape index (κ1) is 16.4. The first-order valence-corrected chi connectivity index (χ1v) is 9.67. The predicted molar refractivity (Wildman–Crippen MR) is 100 cm³/mol. The lowest BCUT2D eigenvalue weighted by Crippen LogP contribution is -2.49. The number of nitrogens with zero attached hydrogens (tertiary/aromatic N) is 3. The molecule has 1 fully saturated rings. The molecule has 132 valence electrons. The van der Waals surface area contributed by atoms with Gasteiger partial charge in [0, 0.05) is 36.8 Å². The largest absolute Gasteiger partial charge is 0.347 e. The zero-order valence-corrected chi connectivity index (χ0v) is 14.8. The van der Waals surface area contributed by atoms with Gasteiger partial charge in [-0.05, 0) is 18.9 Å². The van der Waals surface area contributed by atoms with Crippen LogP contribution in [0.3, 0.4) is 0 Å². The van der Waals surface area contributed by atoms with Crippen LogP contribution < -0.4 is 16.0 Å². The number of aromatic nitrogens is 3. The van der Waals surface area contributed by atoms with Crippen LogP contribution in [0, 0.1) is 0 Å². The van der Waals surface area contributed by atoms with Crippen LogP contribution in [-0.2, 0) is 4.79 Å². The Labute approximate surface area is 150 Å². The molecular formula is C17H22N6OS. The van der Waals surface area contributed by atoms with E-state index in [4.69, 9.17) is 5.73 Å². The molecule has 1 amide bonds. The summed E-state index contributed by atoms with van der Waals surface area (Å²) in [7, 11) is 0. The Morgan fingerprint density at radius 1 is 1.36 bits per heavy atom. The number of hydrogen-bond acceptors (Lipinski definition) is 6. The molecule has 2 atom stereocenters. The van der Waals surface area contributed by atoms with Gasteiger partial charge in [0.05, 0.1) is 10.3 Å². The molecule has 0 spiro atoms. The van der Waals surface area contributed by atoms with Gasteiger partial charge in [-0.3, -0.25) is 4.79 Å². The molecule has 0 bridgehead atoms. The van der Waals surface area contributed by atoms with Crippen molar-refractivity contribution in [3.8, 4) is 0 Å². The lowest BCUT2D eigenvalue weighted by atomic mass is 9.91. The molecule has 1 aliphatic carbocycles. The maximum Gasteiger partial charge on any atom is 0.259 e. The summed E-state index contributed by atoms with van der Waals surface area (Å²) in [5.41, 5.74) is 6.96. The number of carbonyl (C=O) groups is 1. The molecule has 2 aromatic rings. The van der Waals surface area contributed by atoms with Gasteiger partial charge < -0.3 is 20.9 Å². The van der Waals surface area contributed by atoms with Crippen molar-refractivity contribution in [1.29, 1.82) is 0 Å². The number of nitrogens with two attached hydrogens (primary N) is 1. The summed E-state index contributed by atoms with van der Waals surface area (Å²) < 4.78 is 0. The van der Waals surface area contributed by atoms with Gasteiger partial charge in [-0.1, -0.05) is 12.8 Å². The van der Waals surface area contributed by atoms with Crippen LogP contribution in [0.25, 0.3) is 11.0 Å². The molecule has 0 unspecified atom stereocenters. The zero-order chi connectivity index (χ0) is 17.2. The number of nitrogens with one attached hydrogen (secondary N) is 2. The van der Waals surface area contributed by atoms with Gasteiger partial charge in [0.1, 0.15) is 17.8 Å². The van der Waals surface area contributed by atoms with E-state index in [1.54, 1.807) is 18.1 Å². The van der Waals surface area contributed by atoms with E-state index in [9.17, 15) is 4.79 Å². The summed E-state index contributed by atoms with van der Waals surface area (Å²) in [6, 6.07) is 2.10. The van der Waals surface area contributed by atoms with Gasteiger partial charge in [0.15, 0.2) is 0 Å². The molecule has 4 rings (SSSR count). The number of hydrogen-bond donors (Lipinski definition) is 3. The summed E-state index contributed by atoms with van der Waals surface area (Å²) in [4.78, 5) is 27.2. The quantitative estimate of drug-likeness (QED) is 0.773. The highest BCUT2D eigenvalue weighted by atomic mass is 32.2. The monoisotopic (exact) mass is 358 g/mol. The van der Waals surface area contributed by atoms with Gasteiger partial charge >= 0.3 is 0 Å². The highest BCUT2D eigenvalue weighted by Crippen LogP contribution is 2.29. The van der Waals surface area contributed by atoms with E-state index in [0.29, 0.717) is 4.91 Å². The minimum Gasteiger partial charge on any atom is -0.347 e. The maximum absolute atomic E-state index is 12.7. The predicted octanol–water partition coefficient (Wildman–Crippen LogP) is 1.74. The molecule has 8 heteroatoms. The SMILES string of the molecule is N[C@@H]1CCCC[C@@H]1NC(=O)C1=CN(c2ncnc3[nH]ccc23)CCS1. The molecule has 7 nitrogen and oxygen atoms in total. The summed E-state index contributed by atoms with van der Waals surface area (Å²) >= 11 is 1.58. The second-order valence-electron chi connectivity index (χ2n) is 6.50. The number of rotatable bonds is 3. The summed E-state index contributed by atoms with van der Waals surface area (Å²) in [6.45, 7) is 0.807. The van der Waals surface area contributed by atoms with Crippen molar-refractivity contribution in [2.45, 2.75) is 37.8 Å². The second kappa shape index (κ2) is 7.05. The molecule has 2 aromatic heterocycles. The normalized spacial score (nSPS) is 24.2. The third kappa shape index (κ3) is 3.36. The Bertz CT molecular complexity index is 803. The van der Waals surface area contributed by atoms with Crippen LogP contribution in [0.15, 0.2) is 29.7 Å². The fourth-order valence-corrected chi connectivity index (χ4v) is 4.35. The van der Waals surface area contributed by atoms with E-state index in [1.165, 1.54) is 0 Å². The summed E-state index contributed by atoms with van der Waals surface area (Å²) in [5, 5.41) is 4.08. The summed E-state index contributed by atoms with van der Waals surface area (Å²) in [6.07, 6.45) is 9.52. The molecule has 4 N–H and O–H groups in total. The molecule has 2 aliphatic rings. The molecule has 25 heavy (non-hydrogen) atoms. The topological polar surface area (TPSA) is 99.9 Å². The molecular weight excluding hydrogens is 336 g/mol. The average Bonchev–Trinajstić information content (AvgIpc) is 3.12. The molecule has 0 aromatic carbocycles. The standard InChI is InChI=1S/C17H22N6OS/c18-12-3-1-2-4-13(12)22-17(24)14-9-23(7-8-25-14)16-11-5-6-19-15(11)20-10-21-16/h5-6,9-10,12-13H,1-4,7-8,18H2,(H,22,24)(H,19,20,21)/t12-,13+/m1/s1. The van der Waals surface area contributed by atoms with Crippen molar-refractivity contribution in [2.24, 2.45) is 5.73 Å². The van der Waals surface area contributed by atoms with E-state index in [0.717, 1.165) is 54.8 Å². The van der Waals surface area contributed by atoms with E-state index < -0.39 is 0 Å². The van der Waals surface area contributed by atoms with Gasteiger partial charge in [-0.2, -0.15) is 0 Å². The average molecular weight is 358 g/mol. The van der Waals surface area contributed by atoms with Crippen LogP contribution in [0.1, 0.15) is 25.7 Å². The third-order valence-electron chi connectivity index (χ3n) is 4.83. The van der Waals surface area contributed by atoms with Crippen molar-refractivity contribution >= 4 is 34.5 Å². The van der Waals surface area contributed by atoms with Crippen LogP contribution in [0.2, 0.25) is 0 Å². The fraction of sp³-hybridized carbons (Fsp3) is 0.471. The van der Waals surface area contributed by atoms with Crippen LogP contribution in [0.4, 0.5) is 5.82 Å². The highest BCUT2D eigenvalue weighted by molar-refractivity contribution is 8.04. The first-order valence-electron chi connectivity index (χ1n) is 8.68. The van der Waals surface area contributed by atoms with Gasteiger partial charge in [0.2, 0.25) is 0 Å². The lowest BCUT2D eigenvalue weighted by molar-refractivity contribution is -0.117. The number of aromatic amines is 1. The number of H-pyrrole nitrogens is 1. The second-order valence-corrected chi connectivity index (χ2v) is 7.64. The lowest BCUT2D eigenvalue weighted by Gasteiger charge is -2.31. The number of anilines is 1. The number of amides is 1. The summed E-state index contributed by atoms with van der Waals surface area (Å²) in [5.74, 6) is 1.63. The molecule has 1 saturated carbocycles. The Morgan fingerprint density at radius 2 is 2.24 bits per heavy atom. The van der Waals surface area contributed by atoms with E-state index in [-0.39, 0.29) is 18.0 Å². The van der Waals surface area contributed by atoms with Crippen molar-refractivity contribution < 1.29 is 4.79 Å². The van der Waals surface area contributed by atoms with Crippen molar-refractivity contribution in [3.05, 3.63) is 29.7 Å². The molecule has 0 radical (unpaired) electrons. The van der Waals surface area contributed by atoms with Crippen molar-refractivity contribution in [3.63, 3.8) is 0 Å². The highest BCUT2D eigenvalue weighted by Gasteiger charge is 2.26. The Morgan fingerprint density at radius 3 is 3.12 bits per heavy atom. The minimum absolute atomic E-state index is 0.0311. The van der Waals surface area contributed by atoms with Gasteiger partial charge in [-0.25, -0.2) is 9.97 Å². The smallest absolute Gasteiger partial charge is 0.259 e. The third-order valence-corrected chi connectivity index (χ3v) is 5.82. The molecule has 0 saturated heterocycles. The minimum atomic E-state index is -0.0311. The number of thioether (sulfide) groups is 1. The number of fused-ring (bicyclic) bond motifs is 1. The van der Waals surface area contributed by atoms with Crippen LogP contribution in [0.5, 0.6) is 0 Å². The Balaban J connectivity index is 1.54. The van der Waals surface area contributed by atoms with Crippen molar-refractivity contribution in [1.82, 2.24) is 20.3 Å². The maximum atomic E-state index is 12.7. The van der Waals surface area contributed by atoms with Gasteiger partial charge in [0.25, 0.3) is 5.91 Å². The van der Waals surface area contributed by atoms with E-state index >= 15 is 0 Å². The number of carbonyl (C=O) groups excluding carboxylic acids is 1. The zero-order valence-electron chi connectivity index (χ0n) is 13.9. The van der Waals surface area contributed by atoms with E-state index in [1.807, 2.05) is 23.4 Å². The Kier molecular flexibility index (Phi) is 4.63. The van der Waals surface area contributed by atoms with E-state index in [2.05, 4.69) is 20.3 Å². The molecule has 1 aliphatic heterocycles. The van der Waals surface area contributed by atoms with Crippen molar-refractivity contribution in [2.75, 3.05) is 17.2 Å². The van der Waals surface area contributed by atoms with Gasteiger partial charge in [-0.15, -0.1) is 11.8 Å².